The lowest BCUT2D eigenvalue weighted by atomic mass is 10.0. The lowest BCUT2D eigenvalue weighted by Crippen LogP contribution is -2.36. The number of hydrogen-bond acceptors (Lipinski definition) is 6. The van der Waals surface area contributed by atoms with E-state index < -0.39 is 31.3 Å². The van der Waals surface area contributed by atoms with E-state index in [-0.39, 0.29) is 11.3 Å². The first-order chi connectivity index (χ1) is 9.15. The van der Waals surface area contributed by atoms with Gasteiger partial charge in [0.25, 0.3) is 5.69 Å². The minimum Gasteiger partial charge on any atom is -0.277 e. The molecule has 20 heavy (non-hydrogen) atoms. The highest BCUT2D eigenvalue weighted by Gasteiger charge is 2.35. The third-order valence-electron chi connectivity index (χ3n) is 2.77. The summed E-state index contributed by atoms with van der Waals surface area (Å²) in [4.78, 5) is 10.1. The summed E-state index contributed by atoms with van der Waals surface area (Å²) in [5, 5.41) is 16.2. The van der Waals surface area contributed by atoms with Gasteiger partial charge in [0.2, 0.25) is 10.0 Å². The molecular weight excluding hydrogens is 309 g/mol. The normalized spacial score (nSPS) is 14.8. The van der Waals surface area contributed by atoms with E-state index in [4.69, 9.17) is 5.14 Å². The molecule has 1 unspecified atom stereocenters. The maximum absolute atomic E-state index is 13.9. The molecule has 0 heterocycles. The van der Waals surface area contributed by atoms with Crippen molar-refractivity contribution >= 4 is 27.7 Å². The van der Waals surface area contributed by atoms with Crippen LogP contribution < -0.4 is 9.86 Å². The van der Waals surface area contributed by atoms with Gasteiger partial charge in [-0.3, -0.25) is 15.3 Å². The Hall–Kier alpha value is -1.23. The lowest BCUT2D eigenvalue weighted by molar-refractivity contribution is -0.385. The van der Waals surface area contributed by atoms with Crippen LogP contribution in [0.4, 0.5) is 10.1 Å². The third kappa shape index (κ3) is 3.66. The van der Waals surface area contributed by atoms with Crippen LogP contribution in [0.1, 0.15) is 12.5 Å². The molecule has 0 saturated heterocycles. The topological polar surface area (TPSA) is 115 Å². The van der Waals surface area contributed by atoms with E-state index in [1.807, 2.05) is 0 Å². The molecule has 112 valence electrons. The van der Waals surface area contributed by atoms with Crippen molar-refractivity contribution in [2.45, 2.75) is 11.7 Å². The number of nitro groups is 1. The summed E-state index contributed by atoms with van der Waals surface area (Å²) < 4.78 is 37.9. The summed E-state index contributed by atoms with van der Waals surface area (Å²) in [5.41, 5.74) is -0.457. The Morgan fingerprint density at radius 3 is 2.60 bits per heavy atom. The molecule has 1 atom stereocenters. The summed E-state index contributed by atoms with van der Waals surface area (Å²) >= 11 is 0.620. The van der Waals surface area contributed by atoms with E-state index in [0.717, 1.165) is 18.2 Å². The van der Waals surface area contributed by atoms with Gasteiger partial charge in [0.05, 0.1) is 15.4 Å². The molecule has 3 N–H and O–H groups in total. The fourth-order valence-electron chi connectivity index (χ4n) is 1.64. The minimum atomic E-state index is -3.67. The molecule has 0 aromatic heterocycles. The Morgan fingerprint density at radius 1 is 1.55 bits per heavy atom. The molecule has 0 amide bonds. The van der Waals surface area contributed by atoms with E-state index >= 15 is 0 Å². The SMILES string of the molecule is CNS(=O)(=O)CC(C)(SN)c1cc([N+](=O)[O-])ccc1F. The molecule has 0 aliphatic rings. The largest absolute Gasteiger partial charge is 0.277 e. The number of sulfonamides is 1. The zero-order valence-corrected chi connectivity index (χ0v) is 12.4. The van der Waals surface area contributed by atoms with Crippen LogP contribution in [0.2, 0.25) is 0 Å². The summed E-state index contributed by atoms with van der Waals surface area (Å²) in [6.45, 7) is 1.41. The molecule has 1 aromatic rings. The van der Waals surface area contributed by atoms with Gasteiger partial charge < -0.3 is 0 Å². The molecule has 0 saturated carbocycles. The maximum atomic E-state index is 13.9. The Morgan fingerprint density at radius 2 is 2.15 bits per heavy atom. The van der Waals surface area contributed by atoms with Crippen LogP contribution in [-0.4, -0.2) is 26.1 Å². The zero-order valence-electron chi connectivity index (χ0n) is 10.8. The Balaban J connectivity index is 3.37. The average Bonchev–Trinajstić information content (AvgIpc) is 2.38. The number of non-ortho nitro benzene ring substituents is 1. The predicted octanol–water partition coefficient (Wildman–Crippen LogP) is 1.11. The first-order valence-electron chi connectivity index (χ1n) is 5.39. The van der Waals surface area contributed by atoms with Crippen molar-refractivity contribution in [3.63, 3.8) is 0 Å². The maximum Gasteiger partial charge on any atom is 0.269 e. The van der Waals surface area contributed by atoms with Crippen molar-refractivity contribution in [2.24, 2.45) is 5.14 Å². The quantitative estimate of drug-likeness (QED) is 0.460. The van der Waals surface area contributed by atoms with Crippen LogP contribution in [0, 0.1) is 15.9 Å². The smallest absolute Gasteiger partial charge is 0.269 e. The van der Waals surface area contributed by atoms with Crippen molar-refractivity contribution in [3.8, 4) is 0 Å². The van der Waals surface area contributed by atoms with Crippen LogP contribution in [0.15, 0.2) is 18.2 Å². The average molecular weight is 323 g/mol. The molecule has 7 nitrogen and oxygen atoms in total. The fraction of sp³-hybridized carbons (Fsp3) is 0.400. The van der Waals surface area contributed by atoms with E-state index in [1.165, 1.54) is 14.0 Å². The van der Waals surface area contributed by atoms with Crippen molar-refractivity contribution in [3.05, 3.63) is 39.7 Å². The Kier molecular flexibility index (Phi) is 5.08. The third-order valence-corrected chi connectivity index (χ3v) is 5.41. The zero-order chi connectivity index (χ0) is 15.6. The molecule has 0 aliphatic carbocycles. The van der Waals surface area contributed by atoms with Crippen LogP contribution in [0.25, 0.3) is 0 Å². The van der Waals surface area contributed by atoms with E-state index in [1.54, 1.807) is 0 Å². The molecule has 0 aliphatic heterocycles. The molecular formula is C10H14FN3O4S2. The van der Waals surface area contributed by atoms with Crippen LogP contribution >= 0.6 is 11.9 Å². The number of halogens is 1. The monoisotopic (exact) mass is 323 g/mol. The molecule has 0 spiro atoms. The van der Waals surface area contributed by atoms with Gasteiger partial charge in [-0.1, -0.05) is 11.9 Å². The summed E-state index contributed by atoms with van der Waals surface area (Å²) in [6, 6.07) is 2.93. The first-order valence-corrected chi connectivity index (χ1v) is 7.92. The summed E-state index contributed by atoms with van der Waals surface area (Å²) in [5.74, 6) is -1.25. The van der Waals surface area contributed by atoms with Crippen molar-refractivity contribution in [1.29, 1.82) is 0 Å². The van der Waals surface area contributed by atoms with Gasteiger partial charge in [0, 0.05) is 17.7 Å². The summed E-state index contributed by atoms with van der Waals surface area (Å²) in [7, 11) is -2.45. The van der Waals surface area contributed by atoms with Crippen LogP contribution in [0.3, 0.4) is 0 Å². The molecule has 0 radical (unpaired) electrons. The fourth-order valence-corrected chi connectivity index (χ4v) is 3.69. The van der Waals surface area contributed by atoms with E-state index in [2.05, 4.69) is 4.72 Å². The second-order valence-electron chi connectivity index (χ2n) is 4.23. The van der Waals surface area contributed by atoms with Gasteiger partial charge in [0.1, 0.15) is 5.82 Å². The Bertz CT molecular complexity index is 623. The highest BCUT2D eigenvalue weighted by Crippen LogP contribution is 2.37. The highest BCUT2D eigenvalue weighted by molar-refractivity contribution is 7.99. The second-order valence-corrected chi connectivity index (χ2v) is 7.30. The number of nitrogens with two attached hydrogens (primary N) is 1. The van der Waals surface area contributed by atoms with Crippen LogP contribution in [0.5, 0.6) is 0 Å². The molecule has 1 rings (SSSR count). The minimum absolute atomic E-state index is 0.127. The number of nitrogens with zero attached hydrogens (tertiary/aromatic N) is 1. The van der Waals surface area contributed by atoms with Gasteiger partial charge >= 0.3 is 0 Å². The van der Waals surface area contributed by atoms with Crippen molar-refractivity contribution in [2.75, 3.05) is 12.8 Å². The molecule has 1 aromatic carbocycles. The molecule has 0 bridgehead atoms. The number of rotatable bonds is 6. The van der Waals surface area contributed by atoms with Gasteiger partial charge in [-0.05, 0) is 20.0 Å². The number of hydrogen-bond donors (Lipinski definition) is 2. The van der Waals surface area contributed by atoms with Crippen molar-refractivity contribution in [1.82, 2.24) is 4.72 Å². The van der Waals surface area contributed by atoms with Crippen LogP contribution in [-0.2, 0) is 14.8 Å². The van der Waals surface area contributed by atoms with E-state index in [9.17, 15) is 22.9 Å². The standard InChI is InChI=1S/C10H14FN3O4S2/c1-10(19-12,6-20(17,18)13-2)8-5-7(14(15)16)3-4-9(8)11/h3-5,13H,6,12H2,1-2H3. The van der Waals surface area contributed by atoms with Gasteiger partial charge in [-0.25, -0.2) is 17.5 Å². The van der Waals surface area contributed by atoms with E-state index in [0.29, 0.717) is 11.9 Å². The van der Waals surface area contributed by atoms with Gasteiger partial charge in [-0.15, -0.1) is 0 Å². The lowest BCUT2D eigenvalue weighted by Gasteiger charge is -2.27. The second kappa shape index (κ2) is 6.04. The first kappa shape index (κ1) is 16.8. The number of nitrogens with one attached hydrogen (secondary N) is 1. The number of benzene rings is 1. The van der Waals surface area contributed by atoms with Gasteiger partial charge in [0.15, 0.2) is 0 Å². The number of nitro benzene ring substituents is 1. The molecule has 10 heteroatoms. The highest BCUT2D eigenvalue weighted by atomic mass is 32.2. The van der Waals surface area contributed by atoms with Gasteiger partial charge in [-0.2, -0.15) is 0 Å². The summed E-state index contributed by atoms with van der Waals surface area (Å²) in [6.07, 6.45) is 0. The molecule has 0 fully saturated rings. The predicted molar refractivity (Wildman–Crippen MR) is 75.0 cm³/mol. The Labute approximate surface area is 120 Å². The van der Waals surface area contributed by atoms with Crippen molar-refractivity contribution < 1.29 is 17.7 Å².